The molecule has 0 amide bonds. The maximum Gasteiger partial charge on any atom is 0.158 e. The van der Waals surface area contributed by atoms with E-state index >= 15 is 0 Å². The summed E-state index contributed by atoms with van der Waals surface area (Å²) in [5, 5.41) is 9.70. The summed E-state index contributed by atoms with van der Waals surface area (Å²) in [5.41, 5.74) is 2.70. The highest BCUT2D eigenvalue weighted by Gasteiger charge is 2.15. The van der Waals surface area contributed by atoms with Crippen LogP contribution in [0.4, 0.5) is 0 Å². The molecule has 1 aromatic carbocycles. The molecular weight excluding hydrogens is 200 g/mol. The number of hydrogen-bond donors (Lipinski definition) is 1. The van der Waals surface area contributed by atoms with Crippen LogP contribution in [0.3, 0.4) is 0 Å². The Bertz CT molecular complexity index is 444. The van der Waals surface area contributed by atoms with Crippen LogP contribution in [0.5, 0.6) is 5.75 Å². The third kappa shape index (κ3) is 2.32. The number of rotatable bonds is 1. The standard InChI is InChI=1S/C14H16O2/c1-10-6-7-14(16)12(8-10)9-11-4-2-3-5-13(11)15/h6-9,16H,2-5H2,1H3. The summed E-state index contributed by atoms with van der Waals surface area (Å²) in [6, 6.07) is 5.44. The van der Waals surface area contributed by atoms with Crippen LogP contribution in [0.25, 0.3) is 6.08 Å². The minimum atomic E-state index is 0.229. The second-order valence-electron chi connectivity index (χ2n) is 4.36. The molecule has 0 bridgehead atoms. The molecule has 1 fully saturated rings. The van der Waals surface area contributed by atoms with Crippen LogP contribution < -0.4 is 0 Å². The van der Waals surface area contributed by atoms with Gasteiger partial charge in [-0.15, -0.1) is 0 Å². The van der Waals surface area contributed by atoms with E-state index in [9.17, 15) is 9.90 Å². The molecule has 1 saturated carbocycles. The summed E-state index contributed by atoms with van der Waals surface area (Å²) in [6.45, 7) is 1.98. The van der Waals surface area contributed by atoms with Crippen LogP contribution in [0.15, 0.2) is 23.8 Å². The Hall–Kier alpha value is -1.57. The third-order valence-electron chi connectivity index (χ3n) is 2.97. The van der Waals surface area contributed by atoms with E-state index in [4.69, 9.17) is 0 Å². The zero-order chi connectivity index (χ0) is 11.5. The van der Waals surface area contributed by atoms with Crippen molar-refractivity contribution < 1.29 is 9.90 Å². The van der Waals surface area contributed by atoms with Gasteiger partial charge in [-0.1, -0.05) is 11.6 Å². The molecule has 0 aromatic heterocycles. The molecule has 0 radical (unpaired) electrons. The molecule has 1 aliphatic carbocycles. The lowest BCUT2D eigenvalue weighted by Crippen LogP contribution is -2.07. The first-order valence-electron chi connectivity index (χ1n) is 5.70. The minimum absolute atomic E-state index is 0.229. The van der Waals surface area contributed by atoms with E-state index in [1.165, 1.54) is 0 Å². The first-order valence-corrected chi connectivity index (χ1v) is 5.70. The van der Waals surface area contributed by atoms with Gasteiger partial charge in [-0.05, 0) is 50.0 Å². The van der Waals surface area contributed by atoms with Gasteiger partial charge in [-0.3, -0.25) is 4.79 Å². The largest absolute Gasteiger partial charge is 0.507 e. The van der Waals surface area contributed by atoms with Crippen LogP contribution >= 0.6 is 0 Å². The number of aromatic hydroxyl groups is 1. The van der Waals surface area contributed by atoms with Gasteiger partial charge < -0.3 is 5.11 Å². The van der Waals surface area contributed by atoms with E-state index in [-0.39, 0.29) is 11.5 Å². The molecule has 1 aromatic rings. The number of allylic oxidation sites excluding steroid dienone is 1. The minimum Gasteiger partial charge on any atom is -0.507 e. The number of hydrogen-bond acceptors (Lipinski definition) is 2. The Balaban J connectivity index is 2.33. The van der Waals surface area contributed by atoms with Crippen molar-refractivity contribution in [2.24, 2.45) is 0 Å². The summed E-state index contributed by atoms with van der Waals surface area (Å²) in [5.74, 6) is 0.476. The van der Waals surface area contributed by atoms with E-state index in [1.807, 2.05) is 25.1 Å². The van der Waals surface area contributed by atoms with E-state index < -0.39 is 0 Å². The summed E-state index contributed by atoms with van der Waals surface area (Å²) in [4.78, 5) is 11.6. The van der Waals surface area contributed by atoms with E-state index in [2.05, 4.69) is 0 Å². The van der Waals surface area contributed by atoms with Gasteiger partial charge in [0.25, 0.3) is 0 Å². The van der Waals surface area contributed by atoms with Gasteiger partial charge in [0, 0.05) is 12.0 Å². The number of phenolic OH excluding ortho intramolecular Hbond substituents is 1. The number of carbonyl (C=O) groups is 1. The van der Waals surface area contributed by atoms with Gasteiger partial charge >= 0.3 is 0 Å². The average molecular weight is 216 g/mol. The van der Waals surface area contributed by atoms with Crippen molar-refractivity contribution in [3.05, 3.63) is 34.9 Å². The third-order valence-corrected chi connectivity index (χ3v) is 2.97. The van der Waals surface area contributed by atoms with Crippen LogP contribution in [0, 0.1) is 6.92 Å². The molecule has 1 N–H and O–H groups in total. The Morgan fingerprint density at radius 1 is 1.25 bits per heavy atom. The first kappa shape index (κ1) is 10.9. The first-order chi connectivity index (χ1) is 7.66. The smallest absolute Gasteiger partial charge is 0.158 e. The highest BCUT2D eigenvalue weighted by Crippen LogP contribution is 2.26. The molecule has 0 heterocycles. The topological polar surface area (TPSA) is 37.3 Å². The van der Waals surface area contributed by atoms with E-state index in [1.54, 1.807) is 6.07 Å². The highest BCUT2D eigenvalue weighted by atomic mass is 16.3. The Morgan fingerprint density at radius 3 is 2.75 bits per heavy atom. The van der Waals surface area contributed by atoms with Gasteiger partial charge in [0.05, 0.1) is 0 Å². The van der Waals surface area contributed by atoms with Gasteiger partial charge in [0.15, 0.2) is 5.78 Å². The van der Waals surface area contributed by atoms with Crippen LogP contribution in [0.2, 0.25) is 0 Å². The molecule has 0 spiro atoms. The van der Waals surface area contributed by atoms with Crippen molar-refractivity contribution in [1.82, 2.24) is 0 Å². The summed E-state index contributed by atoms with van der Waals surface area (Å²) >= 11 is 0. The predicted octanol–water partition coefficient (Wildman–Crippen LogP) is 3.23. The summed E-state index contributed by atoms with van der Waals surface area (Å²) in [6.07, 6.45) is 5.40. The van der Waals surface area contributed by atoms with Crippen molar-refractivity contribution >= 4 is 11.9 Å². The molecular formula is C14H16O2. The van der Waals surface area contributed by atoms with Crippen LogP contribution in [-0.4, -0.2) is 10.9 Å². The predicted molar refractivity (Wildman–Crippen MR) is 64.3 cm³/mol. The maximum atomic E-state index is 11.6. The molecule has 0 aliphatic heterocycles. The van der Waals surface area contributed by atoms with Gasteiger partial charge in [0.1, 0.15) is 5.75 Å². The number of phenols is 1. The molecule has 0 unspecified atom stereocenters. The summed E-state index contributed by atoms with van der Waals surface area (Å²) < 4.78 is 0. The summed E-state index contributed by atoms with van der Waals surface area (Å²) in [7, 11) is 0. The van der Waals surface area contributed by atoms with Gasteiger partial charge in [-0.25, -0.2) is 0 Å². The normalized spacial score (nSPS) is 19.1. The Labute approximate surface area is 95.6 Å². The fourth-order valence-electron chi connectivity index (χ4n) is 2.03. The molecule has 16 heavy (non-hydrogen) atoms. The van der Waals surface area contributed by atoms with Crippen molar-refractivity contribution in [1.29, 1.82) is 0 Å². The fraction of sp³-hybridized carbons (Fsp3) is 0.357. The number of carbonyl (C=O) groups excluding carboxylic acids is 1. The zero-order valence-electron chi connectivity index (χ0n) is 9.49. The number of Topliss-reactive ketones (excluding diaryl/α,β-unsaturated/α-hetero) is 1. The lowest BCUT2D eigenvalue weighted by molar-refractivity contribution is -0.116. The second kappa shape index (κ2) is 4.52. The molecule has 2 nitrogen and oxygen atoms in total. The Morgan fingerprint density at radius 2 is 2.00 bits per heavy atom. The number of benzene rings is 1. The quantitative estimate of drug-likeness (QED) is 0.732. The average Bonchev–Trinajstić information content (AvgIpc) is 2.27. The van der Waals surface area contributed by atoms with Crippen molar-refractivity contribution in [3.63, 3.8) is 0 Å². The lowest BCUT2D eigenvalue weighted by Gasteiger charge is -2.12. The monoisotopic (exact) mass is 216 g/mol. The molecule has 2 heteroatoms. The van der Waals surface area contributed by atoms with Gasteiger partial charge in [0.2, 0.25) is 0 Å². The van der Waals surface area contributed by atoms with Crippen molar-refractivity contribution in [3.8, 4) is 5.75 Å². The molecule has 0 saturated heterocycles. The van der Waals surface area contributed by atoms with Crippen molar-refractivity contribution in [2.75, 3.05) is 0 Å². The lowest BCUT2D eigenvalue weighted by atomic mass is 9.92. The van der Waals surface area contributed by atoms with Crippen LogP contribution in [-0.2, 0) is 4.79 Å². The van der Waals surface area contributed by atoms with Gasteiger partial charge in [-0.2, -0.15) is 0 Å². The van der Waals surface area contributed by atoms with Crippen molar-refractivity contribution in [2.45, 2.75) is 32.6 Å². The second-order valence-corrected chi connectivity index (χ2v) is 4.36. The van der Waals surface area contributed by atoms with Crippen LogP contribution in [0.1, 0.15) is 36.8 Å². The fourth-order valence-corrected chi connectivity index (χ4v) is 2.03. The molecule has 84 valence electrons. The number of aryl methyl sites for hydroxylation is 1. The van der Waals surface area contributed by atoms with E-state index in [0.717, 1.165) is 36.0 Å². The Kier molecular flexibility index (Phi) is 3.09. The molecule has 2 rings (SSSR count). The number of ketones is 1. The molecule has 1 aliphatic rings. The molecule has 0 atom stereocenters. The van der Waals surface area contributed by atoms with E-state index in [0.29, 0.717) is 6.42 Å². The zero-order valence-corrected chi connectivity index (χ0v) is 9.49. The highest BCUT2D eigenvalue weighted by molar-refractivity contribution is 6.00. The SMILES string of the molecule is Cc1ccc(O)c(C=C2CCCCC2=O)c1. The maximum absolute atomic E-state index is 11.6.